The van der Waals surface area contributed by atoms with Crippen LogP contribution in [-0.2, 0) is 9.59 Å². The first-order valence-electron chi connectivity index (χ1n) is 7.37. The van der Waals surface area contributed by atoms with Gasteiger partial charge in [0.1, 0.15) is 0 Å². The monoisotopic (exact) mass is 296 g/mol. The van der Waals surface area contributed by atoms with Crippen molar-refractivity contribution in [1.29, 1.82) is 0 Å². The summed E-state index contributed by atoms with van der Waals surface area (Å²) in [5.41, 5.74) is 3.64. The molecule has 0 aromatic heterocycles. The minimum atomic E-state index is -0.184. The molecule has 1 saturated heterocycles. The number of hydrogen-bond acceptors (Lipinski definition) is 4. The molecular formula is C17H16N2O3. The lowest BCUT2D eigenvalue weighted by Crippen LogP contribution is -2.32. The van der Waals surface area contributed by atoms with Crippen molar-refractivity contribution in [1.82, 2.24) is 5.48 Å². The molecule has 3 aliphatic rings. The molecule has 1 heterocycles. The predicted octanol–water partition coefficient (Wildman–Crippen LogP) is 1.95. The van der Waals surface area contributed by atoms with Crippen LogP contribution >= 0.6 is 0 Å². The Morgan fingerprint density at radius 3 is 2.14 bits per heavy atom. The predicted molar refractivity (Wildman–Crippen MR) is 80.6 cm³/mol. The molecule has 1 aromatic rings. The van der Waals surface area contributed by atoms with E-state index in [0.29, 0.717) is 16.9 Å². The van der Waals surface area contributed by atoms with Crippen LogP contribution < -0.4 is 10.4 Å². The maximum atomic E-state index is 12.7. The molecule has 0 unspecified atom stereocenters. The van der Waals surface area contributed by atoms with E-state index in [0.717, 1.165) is 6.42 Å². The number of hydroxylamine groups is 1. The zero-order valence-corrected chi connectivity index (χ0v) is 11.9. The van der Waals surface area contributed by atoms with E-state index in [2.05, 4.69) is 18.7 Å². The van der Waals surface area contributed by atoms with Gasteiger partial charge in [-0.05, 0) is 36.0 Å². The van der Waals surface area contributed by atoms with Gasteiger partial charge in [-0.15, -0.1) is 0 Å². The zero-order valence-electron chi connectivity index (χ0n) is 11.9. The molecule has 1 saturated carbocycles. The molecule has 2 N–H and O–H groups in total. The van der Waals surface area contributed by atoms with E-state index < -0.39 is 0 Å². The Hall–Kier alpha value is -2.40. The highest BCUT2D eigenvalue weighted by molar-refractivity contribution is 6.22. The molecule has 22 heavy (non-hydrogen) atoms. The van der Waals surface area contributed by atoms with Gasteiger partial charge in [-0.1, -0.05) is 30.9 Å². The number of nitrogens with one attached hydrogen (secondary N) is 1. The van der Waals surface area contributed by atoms with Gasteiger partial charge < -0.3 is 0 Å². The number of carbonyl (C=O) groups excluding carboxylic acids is 2. The van der Waals surface area contributed by atoms with E-state index in [1.54, 1.807) is 24.3 Å². The summed E-state index contributed by atoms with van der Waals surface area (Å²) in [4.78, 5) is 26.6. The fraction of sp³-hybridized carbons (Fsp3) is 0.294. The van der Waals surface area contributed by atoms with Crippen LogP contribution in [0.15, 0.2) is 43.0 Å². The number of nitrogens with zero attached hydrogens (tertiary/aromatic N) is 1. The van der Waals surface area contributed by atoms with Crippen LogP contribution in [0.25, 0.3) is 5.70 Å². The smallest absolute Gasteiger partial charge is 0.238 e. The number of carbonyl (C=O) groups is 2. The number of fused-ring (bicyclic) bond motifs is 5. The number of imide groups is 1. The third-order valence-electron chi connectivity index (χ3n) is 5.08. The summed E-state index contributed by atoms with van der Waals surface area (Å²) < 4.78 is 0. The second-order valence-corrected chi connectivity index (χ2v) is 6.15. The SMILES string of the molecule is C=C(NO)c1ccc(N2C(=O)[C@@H]3[C@H](C2=O)[C@@H]2C=C[C@@H]3C2)cc1. The van der Waals surface area contributed by atoms with Crippen molar-refractivity contribution in [3.63, 3.8) is 0 Å². The third kappa shape index (κ3) is 1.63. The summed E-state index contributed by atoms with van der Waals surface area (Å²) >= 11 is 0. The highest BCUT2D eigenvalue weighted by Crippen LogP contribution is 2.53. The van der Waals surface area contributed by atoms with Crippen LogP contribution in [0, 0.1) is 23.7 Å². The van der Waals surface area contributed by atoms with Gasteiger partial charge in [0.2, 0.25) is 11.8 Å². The Kier molecular flexibility index (Phi) is 2.74. The number of amides is 2. The molecule has 2 bridgehead atoms. The van der Waals surface area contributed by atoms with Crippen LogP contribution in [0.3, 0.4) is 0 Å². The highest BCUT2D eigenvalue weighted by atomic mass is 16.5. The average molecular weight is 296 g/mol. The Bertz CT molecular complexity index is 677. The van der Waals surface area contributed by atoms with Crippen molar-refractivity contribution in [3.8, 4) is 0 Å². The molecule has 1 aliphatic heterocycles. The summed E-state index contributed by atoms with van der Waals surface area (Å²) in [7, 11) is 0. The lowest BCUT2D eigenvalue weighted by atomic mass is 9.85. The fourth-order valence-electron chi connectivity index (χ4n) is 4.03. The highest BCUT2D eigenvalue weighted by Gasteiger charge is 2.59. The lowest BCUT2D eigenvalue weighted by molar-refractivity contribution is -0.123. The van der Waals surface area contributed by atoms with E-state index in [1.807, 2.05) is 5.48 Å². The van der Waals surface area contributed by atoms with Crippen molar-refractivity contribution in [2.45, 2.75) is 6.42 Å². The molecule has 112 valence electrons. The Morgan fingerprint density at radius 1 is 1.09 bits per heavy atom. The molecule has 2 aliphatic carbocycles. The largest absolute Gasteiger partial charge is 0.291 e. The van der Waals surface area contributed by atoms with Crippen molar-refractivity contribution in [2.24, 2.45) is 23.7 Å². The van der Waals surface area contributed by atoms with Gasteiger partial charge in [0.15, 0.2) is 0 Å². The maximum Gasteiger partial charge on any atom is 0.238 e. The van der Waals surface area contributed by atoms with E-state index in [1.165, 1.54) is 4.90 Å². The quantitative estimate of drug-likeness (QED) is 0.508. The first-order valence-corrected chi connectivity index (χ1v) is 7.37. The lowest BCUT2D eigenvalue weighted by Gasteiger charge is -2.17. The van der Waals surface area contributed by atoms with Crippen molar-refractivity contribution < 1.29 is 14.8 Å². The normalized spacial score (nSPS) is 31.8. The van der Waals surface area contributed by atoms with E-state index in [4.69, 9.17) is 5.21 Å². The summed E-state index contributed by atoms with van der Waals surface area (Å²) in [6.45, 7) is 3.66. The minimum Gasteiger partial charge on any atom is -0.291 e. The summed E-state index contributed by atoms with van der Waals surface area (Å²) in [5, 5.41) is 8.85. The van der Waals surface area contributed by atoms with Crippen molar-refractivity contribution in [3.05, 3.63) is 48.6 Å². The Morgan fingerprint density at radius 2 is 1.64 bits per heavy atom. The summed E-state index contributed by atoms with van der Waals surface area (Å²) in [6, 6.07) is 6.87. The molecule has 5 nitrogen and oxygen atoms in total. The van der Waals surface area contributed by atoms with E-state index >= 15 is 0 Å². The standard InChI is InChI=1S/C17H16N2O3/c1-9(18-22)10-4-6-13(7-5-10)19-16(20)14-11-2-3-12(8-11)15(14)17(19)21/h2-7,11-12,14-15,18,22H,1,8H2/t11-,12-,14-,15+/m1/s1. The molecule has 5 heteroatoms. The summed E-state index contributed by atoms with van der Waals surface area (Å²) in [5.74, 6) is -0.104. The maximum absolute atomic E-state index is 12.7. The molecule has 0 radical (unpaired) electrons. The topological polar surface area (TPSA) is 69.6 Å². The van der Waals surface area contributed by atoms with Gasteiger partial charge in [-0.3, -0.25) is 25.2 Å². The van der Waals surface area contributed by atoms with Crippen LogP contribution in [0.5, 0.6) is 0 Å². The number of hydrogen-bond donors (Lipinski definition) is 2. The first kappa shape index (κ1) is 13.3. The molecular weight excluding hydrogens is 280 g/mol. The average Bonchev–Trinajstić information content (AvgIpc) is 3.21. The van der Waals surface area contributed by atoms with Gasteiger partial charge in [0, 0.05) is 0 Å². The fourth-order valence-corrected chi connectivity index (χ4v) is 4.03. The molecule has 2 amide bonds. The van der Waals surface area contributed by atoms with Gasteiger partial charge in [0.25, 0.3) is 0 Å². The van der Waals surface area contributed by atoms with Crippen molar-refractivity contribution >= 4 is 23.2 Å². The van der Waals surface area contributed by atoms with E-state index in [9.17, 15) is 9.59 Å². The molecule has 4 atom stereocenters. The van der Waals surface area contributed by atoms with Crippen LogP contribution in [0.1, 0.15) is 12.0 Å². The molecule has 0 spiro atoms. The van der Waals surface area contributed by atoms with Crippen molar-refractivity contribution in [2.75, 3.05) is 4.90 Å². The molecule has 4 rings (SSSR count). The van der Waals surface area contributed by atoms with Crippen LogP contribution in [0.4, 0.5) is 5.69 Å². The van der Waals surface area contributed by atoms with Gasteiger partial charge in [0.05, 0.1) is 23.2 Å². The Labute approximate surface area is 127 Å². The number of anilines is 1. The number of rotatable bonds is 3. The zero-order chi connectivity index (χ0) is 15.4. The molecule has 1 aromatic carbocycles. The van der Waals surface area contributed by atoms with Gasteiger partial charge in [-0.2, -0.15) is 0 Å². The number of benzene rings is 1. The van der Waals surface area contributed by atoms with Gasteiger partial charge >= 0.3 is 0 Å². The van der Waals surface area contributed by atoms with Crippen LogP contribution in [-0.4, -0.2) is 17.0 Å². The number of allylic oxidation sites excluding steroid dienone is 2. The first-order chi connectivity index (χ1) is 10.6. The minimum absolute atomic E-state index is 0.0845. The molecule has 2 fully saturated rings. The Balaban J connectivity index is 1.65. The van der Waals surface area contributed by atoms with Crippen LogP contribution in [0.2, 0.25) is 0 Å². The second-order valence-electron chi connectivity index (χ2n) is 6.15. The van der Waals surface area contributed by atoms with E-state index in [-0.39, 0.29) is 35.5 Å². The second kappa shape index (κ2) is 4.55. The summed E-state index contributed by atoms with van der Waals surface area (Å²) in [6.07, 6.45) is 5.10. The van der Waals surface area contributed by atoms with Gasteiger partial charge in [-0.25, -0.2) is 0 Å². The third-order valence-corrected chi connectivity index (χ3v) is 5.08.